The summed E-state index contributed by atoms with van der Waals surface area (Å²) in [6.07, 6.45) is 6.56. The standard InChI is InChI=1S/C23H17N3/c24-12-15-13-25-23(26-14-15)21-7-3-5-17-9-10-19-18-6-2-1-4-16(18)8-11-20(19)22(17)21/h1-2,4,6,8-11,13-14,21H,3,5,7H2. The molecule has 0 aliphatic heterocycles. The van der Waals surface area contributed by atoms with Crippen molar-refractivity contribution in [2.75, 3.05) is 0 Å². The summed E-state index contributed by atoms with van der Waals surface area (Å²) in [4.78, 5) is 9.02. The average Bonchev–Trinajstić information content (AvgIpc) is 2.73. The molecule has 0 saturated carbocycles. The molecule has 0 N–H and O–H groups in total. The van der Waals surface area contributed by atoms with Crippen LogP contribution in [0.4, 0.5) is 0 Å². The maximum atomic E-state index is 9.01. The van der Waals surface area contributed by atoms with Crippen molar-refractivity contribution in [1.29, 1.82) is 5.26 Å². The van der Waals surface area contributed by atoms with Gasteiger partial charge in [0.05, 0.1) is 5.56 Å². The van der Waals surface area contributed by atoms with E-state index in [4.69, 9.17) is 5.26 Å². The SMILES string of the molecule is N#Cc1cnc(C2CCCc3ccc4c(ccc5ccccc54)c32)nc1. The highest BCUT2D eigenvalue weighted by molar-refractivity contribution is 6.09. The highest BCUT2D eigenvalue weighted by atomic mass is 14.9. The van der Waals surface area contributed by atoms with Crippen LogP contribution in [0.15, 0.2) is 60.9 Å². The van der Waals surface area contributed by atoms with Gasteiger partial charge in [0.25, 0.3) is 0 Å². The maximum absolute atomic E-state index is 9.01. The van der Waals surface area contributed by atoms with Crippen molar-refractivity contribution < 1.29 is 0 Å². The summed E-state index contributed by atoms with van der Waals surface area (Å²) in [5.41, 5.74) is 3.27. The fourth-order valence-corrected chi connectivity index (χ4v) is 4.26. The van der Waals surface area contributed by atoms with Crippen LogP contribution in [-0.2, 0) is 6.42 Å². The molecule has 1 aromatic heterocycles. The summed E-state index contributed by atoms with van der Waals surface area (Å²) in [6.45, 7) is 0. The van der Waals surface area contributed by atoms with E-state index in [0.717, 1.165) is 25.1 Å². The maximum Gasteiger partial charge on any atom is 0.135 e. The van der Waals surface area contributed by atoms with Gasteiger partial charge >= 0.3 is 0 Å². The second-order valence-corrected chi connectivity index (χ2v) is 6.91. The van der Waals surface area contributed by atoms with Crippen molar-refractivity contribution in [3.63, 3.8) is 0 Å². The lowest BCUT2D eigenvalue weighted by Crippen LogP contribution is -2.14. The number of hydrogen-bond acceptors (Lipinski definition) is 3. The fourth-order valence-electron chi connectivity index (χ4n) is 4.26. The molecule has 1 aliphatic carbocycles. The van der Waals surface area contributed by atoms with E-state index in [-0.39, 0.29) is 5.92 Å². The molecule has 3 nitrogen and oxygen atoms in total. The highest BCUT2D eigenvalue weighted by Crippen LogP contribution is 2.41. The normalized spacial score (nSPS) is 16.3. The van der Waals surface area contributed by atoms with Gasteiger partial charge in [0.15, 0.2) is 0 Å². The molecule has 0 fully saturated rings. The van der Waals surface area contributed by atoms with Crippen molar-refractivity contribution in [2.24, 2.45) is 0 Å². The largest absolute Gasteiger partial charge is 0.239 e. The van der Waals surface area contributed by atoms with Gasteiger partial charge in [-0.3, -0.25) is 0 Å². The zero-order chi connectivity index (χ0) is 17.5. The van der Waals surface area contributed by atoms with Crippen LogP contribution in [0.1, 0.15) is 41.3 Å². The summed E-state index contributed by atoms with van der Waals surface area (Å²) in [7, 11) is 0. The van der Waals surface area contributed by atoms with Gasteiger partial charge in [0, 0.05) is 18.3 Å². The van der Waals surface area contributed by atoms with E-state index in [1.165, 1.54) is 32.7 Å². The van der Waals surface area contributed by atoms with Crippen LogP contribution >= 0.6 is 0 Å². The van der Waals surface area contributed by atoms with E-state index >= 15 is 0 Å². The van der Waals surface area contributed by atoms with E-state index in [1.54, 1.807) is 12.4 Å². The van der Waals surface area contributed by atoms with E-state index < -0.39 is 0 Å². The third-order valence-electron chi connectivity index (χ3n) is 5.46. The number of hydrogen-bond donors (Lipinski definition) is 0. The summed E-state index contributed by atoms with van der Waals surface area (Å²) < 4.78 is 0. The molecular weight excluding hydrogens is 318 g/mol. The molecule has 26 heavy (non-hydrogen) atoms. The van der Waals surface area contributed by atoms with E-state index in [1.807, 2.05) is 0 Å². The first-order chi connectivity index (χ1) is 12.8. The molecule has 5 rings (SSSR count). The zero-order valence-corrected chi connectivity index (χ0v) is 14.3. The Balaban J connectivity index is 1.77. The minimum Gasteiger partial charge on any atom is -0.239 e. The Morgan fingerprint density at radius 2 is 1.69 bits per heavy atom. The predicted molar refractivity (Wildman–Crippen MR) is 103 cm³/mol. The Labute approximate surface area is 152 Å². The Bertz CT molecular complexity index is 1170. The van der Waals surface area contributed by atoms with E-state index in [9.17, 15) is 0 Å². The minimum atomic E-state index is 0.191. The molecule has 0 bridgehead atoms. The first-order valence-electron chi connectivity index (χ1n) is 9.00. The van der Waals surface area contributed by atoms with Crippen molar-refractivity contribution in [3.8, 4) is 6.07 Å². The average molecular weight is 335 g/mol. The number of aryl methyl sites for hydroxylation is 1. The van der Waals surface area contributed by atoms with Crippen LogP contribution in [0.2, 0.25) is 0 Å². The minimum absolute atomic E-state index is 0.191. The van der Waals surface area contributed by atoms with Gasteiger partial charge in [0.2, 0.25) is 0 Å². The second-order valence-electron chi connectivity index (χ2n) is 6.91. The molecule has 124 valence electrons. The number of nitrogens with zero attached hydrogens (tertiary/aromatic N) is 3. The van der Waals surface area contributed by atoms with Crippen LogP contribution in [-0.4, -0.2) is 9.97 Å². The summed E-state index contributed by atoms with van der Waals surface area (Å²) in [5, 5.41) is 14.2. The monoisotopic (exact) mass is 335 g/mol. The summed E-state index contributed by atoms with van der Waals surface area (Å²) in [5.74, 6) is 1.02. The lowest BCUT2D eigenvalue weighted by atomic mass is 9.79. The third kappa shape index (κ3) is 2.27. The number of aromatic nitrogens is 2. The first-order valence-corrected chi connectivity index (χ1v) is 9.00. The molecule has 0 radical (unpaired) electrons. The van der Waals surface area contributed by atoms with Crippen LogP contribution in [0.3, 0.4) is 0 Å². The smallest absolute Gasteiger partial charge is 0.135 e. The predicted octanol–water partition coefficient (Wildman–Crippen LogP) is 5.12. The third-order valence-corrected chi connectivity index (χ3v) is 5.46. The van der Waals surface area contributed by atoms with Gasteiger partial charge in [0.1, 0.15) is 11.9 Å². The van der Waals surface area contributed by atoms with Crippen LogP contribution in [0.25, 0.3) is 21.5 Å². The lowest BCUT2D eigenvalue weighted by Gasteiger charge is -2.26. The molecule has 1 heterocycles. The van der Waals surface area contributed by atoms with Gasteiger partial charge in [-0.1, -0.05) is 48.5 Å². The van der Waals surface area contributed by atoms with Crippen molar-refractivity contribution in [2.45, 2.75) is 25.2 Å². The van der Waals surface area contributed by atoms with Gasteiger partial charge in [-0.15, -0.1) is 0 Å². The Morgan fingerprint density at radius 1 is 0.885 bits per heavy atom. The zero-order valence-electron chi connectivity index (χ0n) is 14.3. The Kier molecular flexibility index (Phi) is 3.43. The van der Waals surface area contributed by atoms with Gasteiger partial charge in [-0.25, -0.2) is 9.97 Å². The van der Waals surface area contributed by atoms with Crippen LogP contribution in [0.5, 0.6) is 0 Å². The lowest BCUT2D eigenvalue weighted by molar-refractivity contribution is 0.594. The molecule has 3 aromatic carbocycles. The summed E-state index contributed by atoms with van der Waals surface area (Å²) in [6, 6.07) is 19.6. The molecule has 0 amide bonds. The Hall–Kier alpha value is -3.25. The first kappa shape index (κ1) is 15.0. The molecule has 1 aliphatic rings. The second kappa shape index (κ2) is 5.93. The molecule has 0 saturated heterocycles. The topological polar surface area (TPSA) is 49.6 Å². The van der Waals surface area contributed by atoms with Crippen molar-refractivity contribution >= 4 is 21.5 Å². The molecular formula is C23H17N3. The number of nitriles is 1. The Morgan fingerprint density at radius 3 is 2.54 bits per heavy atom. The quantitative estimate of drug-likeness (QED) is 0.453. The molecule has 1 atom stereocenters. The van der Waals surface area contributed by atoms with Gasteiger partial charge < -0.3 is 0 Å². The summed E-state index contributed by atoms with van der Waals surface area (Å²) >= 11 is 0. The molecule has 1 unspecified atom stereocenters. The number of rotatable bonds is 1. The molecule has 3 heteroatoms. The molecule has 0 spiro atoms. The van der Waals surface area contributed by atoms with Gasteiger partial charge in [-0.05, 0) is 51.9 Å². The van der Waals surface area contributed by atoms with Gasteiger partial charge in [-0.2, -0.15) is 5.26 Å². The highest BCUT2D eigenvalue weighted by Gasteiger charge is 2.26. The van der Waals surface area contributed by atoms with E-state index in [2.05, 4.69) is 64.6 Å². The van der Waals surface area contributed by atoms with Crippen LogP contribution in [0, 0.1) is 11.3 Å². The van der Waals surface area contributed by atoms with Crippen molar-refractivity contribution in [1.82, 2.24) is 9.97 Å². The fraction of sp³-hybridized carbons (Fsp3) is 0.174. The number of fused-ring (bicyclic) bond motifs is 5. The number of benzene rings is 3. The molecule has 4 aromatic rings. The van der Waals surface area contributed by atoms with E-state index in [0.29, 0.717) is 5.56 Å². The van der Waals surface area contributed by atoms with Crippen LogP contribution < -0.4 is 0 Å². The van der Waals surface area contributed by atoms with Crippen molar-refractivity contribution in [3.05, 3.63) is 83.4 Å².